The molecule has 1 aliphatic heterocycles. The fourth-order valence-electron chi connectivity index (χ4n) is 4.30. The number of sulfonamides is 1. The van der Waals surface area contributed by atoms with E-state index in [1.165, 1.54) is 12.1 Å². The zero-order valence-electron chi connectivity index (χ0n) is 18.8. The van der Waals surface area contributed by atoms with Crippen LogP contribution in [0.2, 0.25) is 5.02 Å². The predicted octanol–water partition coefficient (Wildman–Crippen LogP) is 5.00. The molecule has 1 amide bonds. The second kappa shape index (κ2) is 9.14. The van der Waals surface area contributed by atoms with Gasteiger partial charge in [0.2, 0.25) is 5.91 Å². The number of thiazole rings is 1. The van der Waals surface area contributed by atoms with Gasteiger partial charge < -0.3 is 4.90 Å². The quantitative estimate of drug-likeness (QED) is 0.382. The summed E-state index contributed by atoms with van der Waals surface area (Å²) in [5.41, 5.74) is 3.47. The maximum absolute atomic E-state index is 13.1. The number of fused-ring (bicyclic) bond motifs is 1. The van der Waals surface area contributed by atoms with E-state index in [1.807, 2.05) is 25.1 Å². The Labute approximate surface area is 211 Å². The van der Waals surface area contributed by atoms with Gasteiger partial charge in [0.1, 0.15) is 0 Å². The zero-order chi connectivity index (χ0) is 24.7. The number of aryl methyl sites for hydroxylation is 1. The smallest absolute Gasteiger partial charge is 0.308 e. The van der Waals surface area contributed by atoms with Crippen molar-refractivity contribution in [3.8, 4) is 0 Å². The topological polar surface area (TPSA) is 88.5 Å². The van der Waals surface area contributed by atoms with Crippen molar-refractivity contribution in [3.63, 3.8) is 0 Å². The van der Waals surface area contributed by atoms with E-state index in [9.17, 15) is 18.0 Å². The lowest BCUT2D eigenvalue weighted by molar-refractivity contribution is -0.117. The third-order valence-electron chi connectivity index (χ3n) is 6.05. The summed E-state index contributed by atoms with van der Waals surface area (Å²) >= 11 is 7.25. The molecule has 0 saturated carbocycles. The molecule has 1 fully saturated rings. The maximum Gasteiger partial charge on any atom is 0.308 e. The second-order valence-electron chi connectivity index (χ2n) is 8.43. The maximum atomic E-state index is 13.1. The number of hydrogen-bond acceptors (Lipinski definition) is 5. The molecule has 1 aromatic heterocycles. The van der Waals surface area contributed by atoms with Gasteiger partial charge in [-0.25, -0.2) is 8.42 Å². The first kappa shape index (κ1) is 23.6. The van der Waals surface area contributed by atoms with E-state index in [2.05, 4.69) is 4.72 Å². The summed E-state index contributed by atoms with van der Waals surface area (Å²) in [6.45, 7) is 2.82. The lowest BCUT2D eigenvalue weighted by Crippen LogP contribution is -2.24. The fourth-order valence-corrected chi connectivity index (χ4v) is 6.57. The molecule has 2 heterocycles. The van der Waals surface area contributed by atoms with Crippen molar-refractivity contribution in [2.75, 3.05) is 16.2 Å². The summed E-state index contributed by atoms with van der Waals surface area (Å²) in [6.07, 6.45) is 1.35. The molecule has 3 aromatic carbocycles. The average Bonchev–Trinajstić information content (AvgIpc) is 3.37. The Morgan fingerprint density at radius 2 is 1.86 bits per heavy atom. The van der Waals surface area contributed by atoms with E-state index in [0.717, 1.165) is 34.6 Å². The Morgan fingerprint density at radius 3 is 2.57 bits per heavy atom. The Balaban J connectivity index is 1.42. The second-order valence-corrected chi connectivity index (χ2v) is 11.5. The van der Waals surface area contributed by atoms with Gasteiger partial charge in [0.25, 0.3) is 10.0 Å². The van der Waals surface area contributed by atoms with Crippen LogP contribution in [0, 0.1) is 6.92 Å². The Hall–Kier alpha value is -3.14. The highest BCUT2D eigenvalue weighted by Gasteiger charge is 2.24. The van der Waals surface area contributed by atoms with Crippen LogP contribution < -0.4 is 14.5 Å². The van der Waals surface area contributed by atoms with Gasteiger partial charge in [-0.05, 0) is 66.9 Å². The molecular formula is C25H22ClN3O4S2. The van der Waals surface area contributed by atoms with Gasteiger partial charge in [-0.1, -0.05) is 41.1 Å². The number of rotatable bonds is 6. The van der Waals surface area contributed by atoms with Gasteiger partial charge >= 0.3 is 4.87 Å². The van der Waals surface area contributed by atoms with Crippen molar-refractivity contribution in [3.05, 3.63) is 86.5 Å². The summed E-state index contributed by atoms with van der Waals surface area (Å²) in [7, 11) is -3.89. The third kappa shape index (κ3) is 4.59. The molecule has 10 heteroatoms. The number of hydrogen-bond donors (Lipinski definition) is 1. The van der Waals surface area contributed by atoms with Crippen LogP contribution in [-0.4, -0.2) is 25.4 Å². The van der Waals surface area contributed by atoms with Gasteiger partial charge in [0, 0.05) is 29.4 Å². The van der Waals surface area contributed by atoms with Crippen molar-refractivity contribution in [2.45, 2.75) is 31.2 Å². The number of nitrogens with zero attached hydrogens (tertiary/aromatic N) is 2. The molecule has 35 heavy (non-hydrogen) atoms. The van der Waals surface area contributed by atoms with Crippen LogP contribution >= 0.6 is 22.9 Å². The van der Waals surface area contributed by atoms with Crippen LogP contribution in [0.15, 0.2) is 70.4 Å². The highest BCUT2D eigenvalue weighted by Crippen LogP contribution is 2.29. The molecule has 0 bridgehead atoms. The van der Waals surface area contributed by atoms with Gasteiger partial charge in [0.05, 0.1) is 21.7 Å². The van der Waals surface area contributed by atoms with E-state index in [4.69, 9.17) is 11.6 Å². The van der Waals surface area contributed by atoms with Gasteiger partial charge in [-0.15, -0.1) is 0 Å². The SMILES string of the molecule is Cc1cc(NS(=O)(=O)c2ccc3c(c2)sc(=O)n3Cc2ccccc2Cl)ccc1N1CCCC1=O. The molecule has 0 spiro atoms. The third-order valence-corrected chi connectivity index (χ3v) is 8.74. The van der Waals surface area contributed by atoms with Crippen LogP contribution in [0.5, 0.6) is 0 Å². The van der Waals surface area contributed by atoms with Crippen molar-refractivity contribution < 1.29 is 13.2 Å². The molecule has 0 aliphatic carbocycles. The lowest BCUT2D eigenvalue weighted by Gasteiger charge is -2.19. The molecule has 1 aliphatic rings. The first-order valence-electron chi connectivity index (χ1n) is 11.0. The molecule has 1 N–H and O–H groups in total. The molecule has 0 atom stereocenters. The number of halogens is 1. The zero-order valence-corrected chi connectivity index (χ0v) is 21.2. The minimum atomic E-state index is -3.89. The number of carbonyl (C=O) groups is 1. The monoisotopic (exact) mass is 527 g/mol. The van der Waals surface area contributed by atoms with E-state index in [-0.39, 0.29) is 15.7 Å². The van der Waals surface area contributed by atoms with Crippen molar-refractivity contribution in [1.29, 1.82) is 0 Å². The molecule has 7 nitrogen and oxygen atoms in total. The van der Waals surface area contributed by atoms with Crippen LogP contribution in [0.4, 0.5) is 11.4 Å². The summed E-state index contributed by atoms with van der Waals surface area (Å²) in [4.78, 5) is 26.3. The molecule has 0 unspecified atom stereocenters. The van der Waals surface area contributed by atoms with Crippen molar-refractivity contribution >= 4 is 60.5 Å². The Bertz CT molecular complexity index is 1630. The standard InChI is InChI=1S/C25H22ClN3O4S2/c1-16-13-18(8-10-21(16)28-12-4-7-24(28)30)27-35(32,33)19-9-11-22-23(14-19)34-25(31)29(22)15-17-5-2-3-6-20(17)26/h2-3,5-6,8-11,13-14,27H,4,7,12,15H2,1H3. The normalized spacial score (nSPS) is 14.1. The highest BCUT2D eigenvalue weighted by molar-refractivity contribution is 7.92. The van der Waals surface area contributed by atoms with E-state index < -0.39 is 10.0 Å². The molecule has 0 radical (unpaired) electrons. The number of benzene rings is 3. The predicted molar refractivity (Wildman–Crippen MR) is 140 cm³/mol. The van der Waals surface area contributed by atoms with E-state index in [0.29, 0.717) is 40.4 Å². The number of carbonyl (C=O) groups excluding carboxylic acids is 1. The van der Waals surface area contributed by atoms with Crippen molar-refractivity contribution in [1.82, 2.24) is 4.57 Å². The van der Waals surface area contributed by atoms with Gasteiger partial charge in [0.15, 0.2) is 0 Å². The first-order valence-corrected chi connectivity index (χ1v) is 13.7. The summed E-state index contributed by atoms with van der Waals surface area (Å²) < 4.78 is 31.0. The largest absolute Gasteiger partial charge is 0.312 e. The van der Waals surface area contributed by atoms with Crippen LogP contribution in [-0.2, 0) is 21.4 Å². The summed E-state index contributed by atoms with van der Waals surface area (Å²) in [5.74, 6) is 0.0789. The highest BCUT2D eigenvalue weighted by atomic mass is 35.5. The number of aromatic nitrogens is 1. The Kier molecular flexibility index (Phi) is 6.16. The molecule has 180 valence electrons. The van der Waals surface area contributed by atoms with Gasteiger partial charge in [-0.3, -0.25) is 18.9 Å². The Morgan fingerprint density at radius 1 is 1.06 bits per heavy atom. The minimum absolute atomic E-state index is 0.0626. The van der Waals surface area contributed by atoms with Gasteiger partial charge in [-0.2, -0.15) is 0 Å². The lowest BCUT2D eigenvalue weighted by atomic mass is 10.1. The average molecular weight is 528 g/mol. The molecular weight excluding hydrogens is 506 g/mol. The molecule has 1 saturated heterocycles. The van der Waals surface area contributed by atoms with E-state index in [1.54, 1.807) is 39.8 Å². The van der Waals surface area contributed by atoms with Crippen LogP contribution in [0.25, 0.3) is 10.2 Å². The van der Waals surface area contributed by atoms with Crippen molar-refractivity contribution in [2.24, 2.45) is 0 Å². The van der Waals surface area contributed by atoms with Crippen LogP contribution in [0.1, 0.15) is 24.0 Å². The first-order chi connectivity index (χ1) is 16.7. The molecule has 5 rings (SSSR count). The van der Waals surface area contributed by atoms with Crippen LogP contribution in [0.3, 0.4) is 0 Å². The number of anilines is 2. The van der Waals surface area contributed by atoms with E-state index >= 15 is 0 Å². The number of nitrogens with one attached hydrogen (secondary N) is 1. The summed E-state index contributed by atoms with van der Waals surface area (Å²) in [5, 5.41) is 0.567. The molecule has 4 aromatic rings. The summed E-state index contributed by atoms with van der Waals surface area (Å²) in [6, 6.07) is 17.1. The number of amides is 1. The minimum Gasteiger partial charge on any atom is -0.312 e. The fraction of sp³-hybridized carbons (Fsp3) is 0.200.